The van der Waals surface area contributed by atoms with Crippen molar-refractivity contribution >= 4 is 28.6 Å². The summed E-state index contributed by atoms with van der Waals surface area (Å²) < 4.78 is 0. The Morgan fingerprint density at radius 3 is 3.00 bits per heavy atom. The number of rotatable bonds is 2. The van der Waals surface area contributed by atoms with Crippen LogP contribution >= 0.6 is 11.6 Å². The minimum absolute atomic E-state index is 0.244. The van der Waals surface area contributed by atoms with Crippen LogP contribution in [0.1, 0.15) is 19.3 Å². The molecule has 1 aliphatic carbocycles. The van der Waals surface area contributed by atoms with Crippen molar-refractivity contribution in [2.75, 3.05) is 5.32 Å². The number of fused-ring (bicyclic) bond motifs is 1. The number of aromatic nitrogens is 4. The lowest BCUT2D eigenvalue weighted by atomic mass is 9.93. The van der Waals surface area contributed by atoms with E-state index in [1.54, 1.807) is 6.33 Å². The van der Waals surface area contributed by atoms with Crippen LogP contribution in [0.25, 0.3) is 11.2 Å². The summed E-state index contributed by atoms with van der Waals surface area (Å²) in [4.78, 5) is 15.3. The Balaban J connectivity index is 2.02. The largest absolute Gasteiger partial charge is 0.365 e. The van der Waals surface area contributed by atoms with Gasteiger partial charge in [0.05, 0.1) is 6.33 Å². The molecule has 1 fully saturated rings. The number of aromatic amines is 1. The number of imidazole rings is 1. The zero-order valence-corrected chi connectivity index (χ0v) is 8.75. The summed E-state index contributed by atoms with van der Waals surface area (Å²) in [6, 6.07) is 0.510. The van der Waals surface area contributed by atoms with Gasteiger partial charge in [0.25, 0.3) is 0 Å². The summed E-state index contributed by atoms with van der Waals surface area (Å²) in [5.74, 6) is 0.732. The maximum Gasteiger partial charge on any atom is 0.226 e. The smallest absolute Gasteiger partial charge is 0.226 e. The van der Waals surface area contributed by atoms with Gasteiger partial charge in [0.15, 0.2) is 11.5 Å². The molecule has 1 saturated carbocycles. The van der Waals surface area contributed by atoms with E-state index in [1.165, 1.54) is 19.3 Å². The van der Waals surface area contributed by atoms with E-state index in [0.717, 1.165) is 11.3 Å². The first-order valence-corrected chi connectivity index (χ1v) is 5.34. The van der Waals surface area contributed by atoms with Gasteiger partial charge in [-0.25, -0.2) is 4.98 Å². The average Bonchev–Trinajstić information content (AvgIpc) is 2.58. The van der Waals surface area contributed by atoms with Crippen LogP contribution in [0.4, 0.5) is 5.82 Å². The van der Waals surface area contributed by atoms with Crippen LogP contribution in [-0.4, -0.2) is 26.0 Å². The summed E-state index contributed by atoms with van der Waals surface area (Å²) in [6.07, 6.45) is 5.25. The van der Waals surface area contributed by atoms with E-state index in [2.05, 4.69) is 25.3 Å². The van der Waals surface area contributed by atoms with Gasteiger partial charge in [-0.1, -0.05) is 0 Å². The first-order chi connectivity index (χ1) is 7.33. The van der Waals surface area contributed by atoms with E-state index in [4.69, 9.17) is 11.6 Å². The molecule has 0 spiro atoms. The fraction of sp³-hybridized carbons (Fsp3) is 0.444. The van der Waals surface area contributed by atoms with Crippen molar-refractivity contribution in [1.82, 2.24) is 19.9 Å². The highest BCUT2D eigenvalue weighted by Gasteiger charge is 2.19. The quantitative estimate of drug-likeness (QED) is 0.764. The molecule has 0 aliphatic heterocycles. The van der Waals surface area contributed by atoms with Gasteiger partial charge in [0.1, 0.15) is 5.52 Å². The molecule has 15 heavy (non-hydrogen) atoms. The lowest BCUT2D eigenvalue weighted by molar-refractivity contribution is 0.445. The molecule has 0 radical (unpaired) electrons. The van der Waals surface area contributed by atoms with Gasteiger partial charge in [-0.15, -0.1) is 0 Å². The van der Waals surface area contributed by atoms with E-state index < -0.39 is 0 Å². The predicted molar refractivity (Wildman–Crippen MR) is 58.0 cm³/mol. The first-order valence-electron chi connectivity index (χ1n) is 4.96. The molecular formula is C9H10ClN5. The summed E-state index contributed by atoms with van der Waals surface area (Å²) >= 11 is 5.82. The second kappa shape index (κ2) is 3.34. The highest BCUT2D eigenvalue weighted by molar-refractivity contribution is 6.28. The van der Waals surface area contributed by atoms with E-state index in [1.807, 2.05) is 0 Å². The first kappa shape index (κ1) is 8.91. The van der Waals surface area contributed by atoms with Crippen molar-refractivity contribution in [3.63, 3.8) is 0 Å². The fourth-order valence-corrected chi connectivity index (χ4v) is 1.82. The maximum atomic E-state index is 5.82. The summed E-state index contributed by atoms with van der Waals surface area (Å²) in [5.41, 5.74) is 1.43. The molecule has 1 aliphatic rings. The molecule has 2 aromatic rings. The van der Waals surface area contributed by atoms with Crippen LogP contribution in [-0.2, 0) is 0 Å². The molecule has 2 aromatic heterocycles. The number of H-pyrrole nitrogens is 1. The molecule has 3 rings (SSSR count). The number of anilines is 1. The Kier molecular flexibility index (Phi) is 1.98. The Labute approximate surface area is 91.3 Å². The normalized spacial score (nSPS) is 16.6. The van der Waals surface area contributed by atoms with Crippen LogP contribution in [0.5, 0.6) is 0 Å². The number of halogens is 1. The van der Waals surface area contributed by atoms with E-state index in [0.29, 0.717) is 11.7 Å². The van der Waals surface area contributed by atoms with Crippen LogP contribution in [0, 0.1) is 0 Å². The van der Waals surface area contributed by atoms with Gasteiger partial charge in [0.2, 0.25) is 5.28 Å². The third-order valence-corrected chi connectivity index (χ3v) is 2.87. The molecule has 5 nitrogen and oxygen atoms in total. The lowest BCUT2D eigenvalue weighted by Crippen LogP contribution is -2.27. The Morgan fingerprint density at radius 1 is 1.40 bits per heavy atom. The van der Waals surface area contributed by atoms with Gasteiger partial charge in [-0.3, -0.25) is 0 Å². The minimum Gasteiger partial charge on any atom is -0.365 e. The molecule has 2 heterocycles. The molecule has 78 valence electrons. The monoisotopic (exact) mass is 223 g/mol. The van der Waals surface area contributed by atoms with E-state index >= 15 is 0 Å². The van der Waals surface area contributed by atoms with Gasteiger partial charge < -0.3 is 10.3 Å². The highest BCUT2D eigenvalue weighted by Crippen LogP contribution is 2.25. The number of hydrogen-bond donors (Lipinski definition) is 2. The van der Waals surface area contributed by atoms with Crippen molar-refractivity contribution in [3.8, 4) is 0 Å². The molecule has 0 atom stereocenters. The van der Waals surface area contributed by atoms with E-state index in [-0.39, 0.29) is 5.28 Å². The average molecular weight is 224 g/mol. The zero-order chi connectivity index (χ0) is 10.3. The lowest BCUT2D eigenvalue weighted by Gasteiger charge is -2.26. The van der Waals surface area contributed by atoms with Crippen molar-refractivity contribution in [2.24, 2.45) is 0 Å². The molecule has 0 bridgehead atoms. The third-order valence-electron chi connectivity index (χ3n) is 2.70. The van der Waals surface area contributed by atoms with Gasteiger partial charge >= 0.3 is 0 Å². The topological polar surface area (TPSA) is 66.5 Å². The Hall–Kier alpha value is -1.36. The van der Waals surface area contributed by atoms with Gasteiger partial charge in [-0.2, -0.15) is 9.97 Å². The van der Waals surface area contributed by atoms with Gasteiger partial charge in [0, 0.05) is 6.04 Å². The van der Waals surface area contributed by atoms with Crippen molar-refractivity contribution in [3.05, 3.63) is 11.6 Å². The Bertz CT molecular complexity index is 490. The number of nitrogens with zero attached hydrogens (tertiary/aromatic N) is 3. The summed E-state index contributed by atoms with van der Waals surface area (Å²) in [5, 5.41) is 3.57. The molecule has 0 unspecified atom stereocenters. The molecule has 0 aromatic carbocycles. The molecule has 0 amide bonds. The Morgan fingerprint density at radius 2 is 2.27 bits per heavy atom. The molecule has 6 heteroatoms. The van der Waals surface area contributed by atoms with Crippen LogP contribution < -0.4 is 5.32 Å². The number of hydrogen-bond acceptors (Lipinski definition) is 4. The van der Waals surface area contributed by atoms with Crippen molar-refractivity contribution in [1.29, 1.82) is 0 Å². The summed E-state index contributed by atoms with van der Waals surface area (Å²) in [6.45, 7) is 0. The maximum absolute atomic E-state index is 5.82. The van der Waals surface area contributed by atoms with Crippen LogP contribution in [0.3, 0.4) is 0 Å². The standard InChI is InChI=1S/C9H10ClN5/c10-9-14-7-6(11-4-12-7)8(15-9)13-5-2-1-3-5/h4-5H,1-3H2,(H2,11,12,13,14,15). The van der Waals surface area contributed by atoms with Crippen molar-refractivity contribution < 1.29 is 0 Å². The molecular weight excluding hydrogens is 214 g/mol. The minimum atomic E-state index is 0.244. The second-order valence-corrected chi connectivity index (χ2v) is 4.05. The van der Waals surface area contributed by atoms with E-state index in [9.17, 15) is 0 Å². The second-order valence-electron chi connectivity index (χ2n) is 3.71. The zero-order valence-electron chi connectivity index (χ0n) is 8.00. The predicted octanol–water partition coefficient (Wildman–Crippen LogP) is 1.97. The molecule has 0 saturated heterocycles. The van der Waals surface area contributed by atoms with Crippen molar-refractivity contribution in [2.45, 2.75) is 25.3 Å². The highest BCUT2D eigenvalue weighted by atomic mass is 35.5. The van der Waals surface area contributed by atoms with Gasteiger partial charge in [-0.05, 0) is 30.9 Å². The fourth-order valence-electron chi connectivity index (χ4n) is 1.66. The number of nitrogens with one attached hydrogen (secondary N) is 2. The molecule has 2 N–H and O–H groups in total. The third kappa shape index (κ3) is 1.52. The van der Waals surface area contributed by atoms with Crippen LogP contribution in [0.15, 0.2) is 6.33 Å². The summed E-state index contributed by atoms with van der Waals surface area (Å²) in [7, 11) is 0. The SMILES string of the molecule is Clc1nc(NC2CCC2)c2nc[nH]c2n1. The van der Waals surface area contributed by atoms with Crippen LogP contribution in [0.2, 0.25) is 5.28 Å².